The average Bonchev–Trinajstić information content (AvgIpc) is 2.52. The number of nitrogens with zero attached hydrogens (tertiary/aromatic N) is 3. The van der Waals surface area contributed by atoms with Crippen molar-refractivity contribution in [3.8, 4) is 0 Å². The third kappa shape index (κ3) is 7.70. The van der Waals surface area contributed by atoms with Crippen molar-refractivity contribution in [2.45, 2.75) is 19.5 Å². The molecule has 0 fully saturated rings. The minimum atomic E-state index is -0.813. The molecular weight excluding hydrogens is 300 g/mol. The van der Waals surface area contributed by atoms with E-state index in [-0.39, 0.29) is 31.6 Å². The van der Waals surface area contributed by atoms with Crippen LogP contribution >= 0.6 is 0 Å². The minimum Gasteiger partial charge on any atom is -0.399 e. The van der Waals surface area contributed by atoms with Crippen molar-refractivity contribution in [3.05, 3.63) is 40.3 Å². The van der Waals surface area contributed by atoms with Crippen molar-refractivity contribution in [1.82, 2.24) is 10.6 Å². The van der Waals surface area contributed by atoms with Crippen LogP contribution in [0.4, 0.5) is 5.69 Å². The SMILES string of the molecule is CC(=O)N[C@@H](COCCN=[N+]=[N-])C(=O)NCc1ccc(N)cc1. The van der Waals surface area contributed by atoms with Crippen LogP contribution < -0.4 is 16.4 Å². The van der Waals surface area contributed by atoms with E-state index in [1.807, 2.05) is 0 Å². The Bertz CT molecular complexity index is 568. The predicted molar refractivity (Wildman–Crippen MR) is 85.1 cm³/mol. The minimum absolute atomic E-state index is 0.00585. The van der Waals surface area contributed by atoms with Crippen molar-refractivity contribution in [2.75, 3.05) is 25.5 Å². The first kappa shape index (κ1) is 18.3. The first-order chi connectivity index (χ1) is 11.0. The first-order valence-electron chi connectivity index (χ1n) is 7.00. The summed E-state index contributed by atoms with van der Waals surface area (Å²) in [6.45, 7) is 1.96. The lowest BCUT2D eigenvalue weighted by atomic mass is 10.2. The lowest BCUT2D eigenvalue weighted by Crippen LogP contribution is -2.48. The fraction of sp³-hybridized carbons (Fsp3) is 0.429. The van der Waals surface area contributed by atoms with E-state index in [9.17, 15) is 9.59 Å². The summed E-state index contributed by atoms with van der Waals surface area (Å²) in [5.74, 6) is -0.697. The fourth-order valence-electron chi connectivity index (χ4n) is 1.73. The smallest absolute Gasteiger partial charge is 0.245 e. The number of nitrogens with two attached hydrogens (primary N) is 1. The number of carbonyl (C=O) groups is 2. The van der Waals surface area contributed by atoms with Gasteiger partial charge in [-0.05, 0) is 23.2 Å². The van der Waals surface area contributed by atoms with Crippen LogP contribution in [0.15, 0.2) is 29.4 Å². The number of hydrogen-bond acceptors (Lipinski definition) is 5. The molecule has 9 nitrogen and oxygen atoms in total. The predicted octanol–water partition coefficient (Wildman–Crippen LogP) is 0.717. The summed E-state index contributed by atoms with van der Waals surface area (Å²) >= 11 is 0. The summed E-state index contributed by atoms with van der Waals surface area (Å²) in [5, 5.41) is 8.55. The van der Waals surface area contributed by atoms with Crippen molar-refractivity contribution in [1.29, 1.82) is 0 Å². The normalized spacial score (nSPS) is 11.2. The largest absolute Gasteiger partial charge is 0.399 e. The van der Waals surface area contributed by atoms with E-state index in [0.717, 1.165) is 5.56 Å². The van der Waals surface area contributed by atoms with Gasteiger partial charge in [-0.15, -0.1) is 0 Å². The van der Waals surface area contributed by atoms with Crippen LogP contribution in [0.3, 0.4) is 0 Å². The number of anilines is 1. The topological polar surface area (TPSA) is 142 Å². The molecule has 1 atom stereocenters. The third-order valence-electron chi connectivity index (χ3n) is 2.82. The van der Waals surface area contributed by atoms with Crippen LogP contribution in [-0.2, 0) is 20.9 Å². The average molecular weight is 320 g/mol. The molecule has 0 saturated carbocycles. The molecule has 0 bridgehead atoms. The van der Waals surface area contributed by atoms with Crippen LogP contribution in [-0.4, -0.2) is 37.6 Å². The molecule has 0 aliphatic carbocycles. The quantitative estimate of drug-likeness (QED) is 0.202. The molecule has 0 aromatic heterocycles. The van der Waals surface area contributed by atoms with Gasteiger partial charge in [0.05, 0.1) is 13.2 Å². The van der Waals surface area contributed by atoms with Gasteiger partial charge in [-0.1, -0.05) is 17.2 Å². The van der Waals surface area contributed by atoms with Crippen molar-refractivity contribution in [3.63, 3.8) is 0 Å². The number of carbonyl (C=O) groups excluding carboxylic acids is 2. The number of nitrogens with one attached hydrogen (secondary N) is 2. The zero-order valence-electron chi connectivity index (χ0n) is 12.9. The van der Waals surface area contributed by atoms with E-state index in [4.69, 9.17) is 16.0 Å². The molecular formula is C14H20N6O3. The van der Waals surface area contributed by atoms with Gasteiger partial charge in [-0.25, -0.2) is 0 Å². The lowest BCUT2D eigenvalue weighted by Gasteiger charge is -2.17. The van der Waals surface area contributed by atoms with E-state index in [0.29, 0.717) is 12.2 Å². The van der Waals surface area contributed by atoms with Gasteiger partial charge < -0.3 is 21.1 Å². The maximum absolute atomic E-state index is 12.1. The van der Waals surface area contributed by atoms with Crippen molar-refractivity contribution in [2.24, 2.45) is 5.11 Å². The highest BCUT2D eigenvalue weighted by atomic mass is 16.5. The van der Waals surface area contributed by atoms with Crippen LogP contribution in [0.5, 0.6) is 0 Å². The molecule has 0 aliphatic rings. The first-order valence-corrected chi connectivity index (χ1v) is 7.00. The highest BCUT2D eigenvalue weighted by Gasteiger charge is 2.19. The summed E-state index contributed by atoms with van der Waals surface area (Å²) in [5.41, 5.74) is 15.3. The summed E-state index contributed by atoms with van der Waals surface area (Å²) < 4.78 is 5.23. The summed E-state index contributed by atoms with van der Waals surface area (Å²) in [4.78, 5) is 25.9. The fourth-order valence-corrected chi connectivity index (χ4v) is 1.73. The van der Waals surface area contributed by atoms with Gasteiger partial charge in [-0.3, -0.25) is 9.59 Å². The zero-order chi connectivity index (χ0) is 17.1. The Morgan fingerprint density at radius 2 is 2.09 bits per heavy atom. The van der Waals surface area contributed by atoms with Crippen LogP contribution in [0, 0.1) is 0 Å². The number of azide groups is 1. The van der Waals surface area contributed by atoms with Gasteiger partial charge in [0.25, 0.3) is 0 Å². The second kappa shape index (κ2) is 10.0. The van der Waals surface area contributed by atoms with Crippen LogP contribution in [0.1, 0.15) is 12.5 Å². The zero-order valence-corrected chi connectivity index (χ0v) is 12.9. The Morgan fingerprint density at radius 1 is 1.39 bits per heavy atom. The number of hydrogen-bond donors (Lipinski definition) is 3. The van der Waals surface area contributed by atoms with Gasteiger partial charge in [0, 0.05) is 30.6 Å². The Hall–Kier alpha value is -2.77. The molecule has 23 heavy (non-hydrogen) atoms. The van der Waals surface area contributed by atoms with Gasteiger partial charge in [0.15, 0.2) is 0 Å². The molecule has 0 spiro atoms. The molecule has 124 valence electrons. The molecule has 0 saturated heterocycles. The Morgan fingerprint density at radius 3 is 2.70 bits per heavy atom. The number of ether oxygens (including phenoxy) is 1. The second-order valence-electron chi connectivity index (χ2n) is 4.74. The monoisotopic (exact) mass is 320 g/mol. The number of benzene rings is 1. The van der Waals surface area contributed by atoms with Crippen molar-refractivity contribution < 1.29 is 14.3 Å². The molecule has 1 rings (SSSR count). The highest BCUT2D eigenvalue weighted by molar-refractivity contribution is 5.86. The number of amides is 2. The number of nitrogen functional groups attached to an aromatic ring is 1. The lowest BCUT2D eigenvalue weighted by molar-refractivity contribution is -0.129. The van der Waals surface area contributed by atoms with E-state index in [1.54, 1.807) is 24.3 Å². The van der Waals surface area contributed by atoms with Gasteiger partial charge in [-0.2, -0.15) is 0 Å². The second-order valence-corrected chi connectivity index (χ2v) is 4.74. The molecule has 4 N–H and O–H groups in total. The number of rotatable bonds is 9. The Labute approximate surface area is 133 Å². The van der Waals surface area contributed by atoms with E-state index in [2.05, 4.69) is 20.7 Å². The van der Waals surface area contributed by atoms with Gasteiger partial charge >= 0.3 is 0 Å². The maximum Gasteiger partial charge on any atom is 0.245 e. The molecule has 2 amide bonds. The Kier molecular flexibility index (Phi) is 7.98. The molecule has 9 heteroatoms. The molecule has 0 aliphatic heterocycles. The summed E-state index contributed by atoms with van der Waals surface area (Å²) in [6.07, 6.45) is 0. The Balaban J connectivity index is 2.48. The van der Waals surface area contributed by atoms with E-state index >= 15 is 0 Å². The molecule has 0 radical (unpaired) electrons. The summed E-state index contributed by atoms with van der Waals surface area (Å²) in [6, 6.07) is 6.28. The molecule has 1 aromatic rings. The van der Waals surface area contributed by atoms with Crippen LogP contribution in [0.25, 0.3) is 10.4 Å². The van der Waals surface area contributed by atoms with Crippen molar-refractivity contribution >= 4 is 17.5 Å². The molecule has 0 unspecified atom stereocenters. The maximum atomic E-state index is 12.1. The highest BCUT2D eigenvalue weighted by Crippen LogP contribution is 2.05. The molecule has 0 heterocycles. The van der Waals surface area contributed by atoms with E-state index in [1.165, 1.54) is 6.92 Å². The molecule has 1 aromatic carbocycles. The van der Waals surface area contributed by atoms with Crippen LogP contribution in [0.2, 0.25) is 0 Å². The summed E-state index contributed by atoms with van der Waals surface area (Å²) in [7, 11) is 0. The standard InChI is InChI=1S/C14H20N6O3/c1-10(21)19-13(9-23-7-6-18-20-16)14(22)17-8-11-2-4-12(15)5-3-11/h2-5,13H,6-9,15H2,1H3,(H,17,22)(H,19,21)/t13-/m0/s1. The van der Waals surface area contributed by atoms with E-state index < -0.39 is 6.04 Å². The van der Waals surface area contributed by atoms with Gasteiger partial charge in [0.2, 0.25) is 11.8 Å². The third-order valence-corrected chi connectivity index (χ3v) is 2.82. The van der Waals surface area contributed by atoms with Gasteiger partial charge in [0.1, 0.15) is 6.04 Å².